The average molecular weight is 555 g/mol. The first-order valence-electron chi connectivity index (χ1n) is 15.2. The van der Waals surface area contributed by atoms with Crippen LogP contribution >= 0.6 is 11.6 Å². The second-order valence-electron chi connectivity index (χ2n) is 12.6. The van der Waals surface area contributed by atoms with Gasteiger partial charge in [0.15, 0.2) is 0 Å². The molecule has 0 radical (unpaired) electrons. The molecule has 39 heavy (non-hydrogen) atoms. The SMILES string of the molecule is CN(C)C1CCC(N[C@H](Cc2ccc(Cl)cc2)C(=O)N2CCC(Cn3cncn3)(C3CCCCC3)CC2)CC1. The van der Waals surface area contributed by atoms with Gasteiger partial charge in [0.25, 0.3) is 0 Å². The van der Waals surface area contributed by atoms with E-state index in [0.29, 0.717) is 24.4 Å². The number of halogens is 1. The first-order valence-corrected chi connectivity index (χ1v) is 15.6. The number of benzene rings is 1. The summed E-state index contributed by atoms with van der Waals surface area (Å²) in [5.74, 6) is 0.972. The molecule has 1 aromatic carbocycles. The van der Waals surface area contributed by atoms with E-state index in [-0.39, 0.29) is 17.4 Å². The van der Waals surface area contributed by atoms with Gasteiger partial charge in [-0.3, -0.25) is 9.48 Å². The van der Waals surface area contributed by atoms with Crippen LogP contribution in [0.1, 0.15) is 76.2 Å². The van der Waals surface area contributed by atoms with Gasteiger partial charge in [-0.2, -0.15) is 5.10 Å². The molecule has 1 aromatic heterocycles. The van der Waals surface area contributed by atoms with E-state index < -0.39 is 0 Å². The van der Waals surface area contributed by atoms with Crippen molar-refractivity contribution >= 4 is 17.5 Å². The summed E-state index contributed by atoms with van der Waals surface area (Å²) < 4.78 is 2.03. The summed E-state index contributed by atoms with van der Waals surface area (Å²) in [7, 11) is 4.36. The van der Waals surface area contributed by atoms with Gasteiger partial charge in [-0.15, -0.1) is 0 Å². The summed E-state index contributed by atoms with van der Waals surface area (Å²) in [5, 5.41) is 9.04. The van der Waals surface area contributed by atoms with Crippen molar-refractivity contribution < 1.29 is 4.79 Å². The van der Waals surface area contributed by atoms with Gasteiger partial charge in [0.1, 0.15) is 12.7 Å². The Morgan fingerprint density at radius 2 is 1.74 bits per heavy atom. The second-order valence-corrected chi connectivity index (χ2v) is 13.1. The number of piperidine rings is 1. The molecule has 1 N–H and O–H groups in total. The minimum atomic E-state index is -0.204. The molecular weight excluding hydrogens is 508 g/mol. The number of hydrogen-bond acceptors (Lipinski definition) is 5. The minimum absolute atomic E-state index is 0.203. The Labute approximate surface area is 239 Å². The van der Waals surface area contributed by atoms with E-state index in [2.05, 4.69) is 51.4 Å². The largest absolute Gasteiger partial charge is 0.341 e. The lowest BCUT2D eigenvalue weighted by atomic mass is 9.63. The molecule has 3 fully saturated rings. The van der Waals surface area contributed by atoms with Gasteiger partial charge in [-0.05, 0) is 101 Å². The molecule has 7 nitrogen and oxygen atoms in total. The van der Waals surface area contributed by atoms with Gasteiger partial charge in [0.05, 0.1) is 6.04 Å². The van der Waals surface area contributed by atoms with Gasteiger partial charge in [-0.1, -0.05) is 43.0 Å². The van der Waals surface area contributed by atoms with Crippen LogP contribution in [0.25, 0.3) is 0 Å². The van der Waals surface area contributed by atoms with Crippen LogP contribution in [0.2, 0.25) is 5.02 Å². The summed E-state index contributed by atoms with van der Waals surface area (Å²) in [6.45, 7) is 2.58. The Hall–Kier alpha value is -1.96. The third-order valence-corrected chi connectivity index (χ3v) is 10.3. The number of amides is 1. The zero-order valence-electron chi connectivity index (χ0n) is 23.9. The molecule has 1 atom stereocenters. The Kier molecular flexibility index (Phi) is 9.62. The molecule has 2 aromatic rings. The summed E-state index contributed by atoms with van der Waals surface area (Å²) >= 11 is 6.16. The lowest BCUT2D eigenvalue weighted by Gasteiger charge is -2.48. The fourth-order valence-corrected chi connectivity index (χ4v) is 7.68. The summed E-state index contributed by atoms with van der Waals surface area (Å²) in [5.41, 5.74) is 1.36. The molecule has 0 bridgehead atoms. The summed E-state index contributed by atoms with van der Waals surface area (Å²) in [4.78, 5) is 22.8. The van der Waals surface area contributed by atoms with E-state index in [1.54, 1.807) is 6.33 Å². The molecule has 214 valence electrons. The molecule has 1 saturated heterocycles. The number of likely N-dealkylation sites (tertiary alicyclic amines) is 1. The Morgan fingerprint density at radius 3 is 2.36 bits per heavy atom. The minimum Gasteiger partial charge on any atom is -0.341 e. The third kappa shape index (κ3) is 7.22. The molecular formula is C31H47ClN6O. The number of nitrogens with one attached hydrogen (secondary N) is 1. The standard InChI is InChI=1S/C31H47ClN6O/c1-36(2)28-14-12-27(13-15-28)35-29(20-24-8-10-26(32)11-9-24)30(39)37-18-16-31(17-19-37,21-38-23-33-22-34-38)25-6-4-3-5-7-25/h8-11,22-23,25,27-29,35H,3-7,12-21H2,1-2H3/t27?,28?,29-/m1/s1. The van der Waals surface area contributed by atoms with E-state index in [4.69, 9.17) is 11.6 Å². The second kappa shape index (κ2) is 13.1. The van der Waals surface area contributed by atoms with E-state index in [1.807, 2.05) is 23.1 Å². The van der Waals surface area contributed by atoms with Crippen LogP contribution in [-0.2, 0) is 17.8 Å². The lowest BCUT2D eigenvalue weighted by Crippen LogP contribution is -2.55. The van der Waals surface area contributed by atoms with E-state index in [1.165, 1.54) is 44.9 Å². The number of carbonyl (C=O) groups is 1. The van der Waals surface area contributed by atoms with Gasteiger partial charge >= 0.3 is 0 Å². The molecule has 2 aliphatic carbocycles. The highest BCUT2D eigenvalue weighted by Gasteiger charge is 2.44. The van der Waals surface area contributed by atoms with Crippen molar-refractivity contribution in [1.82, 2.24) is 29.9 Å². The number of carbonyl (C=O) groups excluding carboxylic acids is 1. The highest BCUT2D eigenvalue weighted by Crippen LogP contribution is 2.47. The van der Waals surface area contributed by atoms with E-state index >= 15 is 0 Å². The zero-order valence-corrected chi connectivity index (χ0v) is 24.7. The molecule has 0 unspecified atom stereocenters. The van der Waals surface area contributed by atoms with Crippen molar-refractivity contribution in [2.45, 2.75) is 102 Å². The smallest absolute Gasteiger partial charge is 0.240 e. The first-order chi connectivity index (χ1) is 18.9. The summed E-state index contributed by atoms with van der Waals surface area (Å²) in [6.07, 6.45) is 17.5. The number of aromatic nitrogens is 3. The maximum absolute atomic E-state index is 14.1. The molecule has 1 amide bonds. The van der Waals surface area contributed by atoms with Gasteiger partial charge in [0, 0.05) is 36.7 Å². The quantitative estimate of drug-likeness (QED) is 0.462. The van der Waals surface area contributed by atoms with Crippen molar-refractivity contribution in [2.24, 2.45) is 11.3 Å². The van der Waals surface area contributed by atoms with Gasteiger partial charge in [0.2, 0.25) is 5.91 Å². The van der Waals surface area contributed by atoms with Crippen LogP contribution < -0.4 is 5.32 Å². The molecule has 1 aliphatic heterocycles. The Morgan fingerprint density at radius 1 is 1.05 bits per heavy atom. The topological polar surface area (TPSA) is 66.3 Å². The zero-order chi connectivity index (χ0) is 27.2. The monoisotopic (exact) mass is 554 g/mol. The normalized spacial score (nSPS) is 25.1. The fourth-order valence-electron chi connectivity index (χ4n) is 7.56. The van der Waals surface area contributed by atoms with Crippen LogP contribution in [-0.4, -0.2) is 75.8 Å². The number of rotatable bonds is 9. The van der Waals surface area contributed by atoms with Gasteiger partial charge in [-0.25, -0.2) is 4.98 Å². The third-order valence-electron chi connectivity index (χ3n) is 10.0. The van der Waals surface area contributed by atoms with Crippen LogP contribution in [0.4, 0.5) is 0 Å². The van der Waals surface area contributed by atoms with Crippen LogP contribution in [0.5, 0.6) is 0 Å². The predicted molar refractivity (Wildman–Crippen MR) is 157 cm³/mol. The van der Waals surface area contributed by atoms with Crippen molar-refractivity contribution in [3.8, 4) is 0 Å². The predicted octanol–water partition coefficient (Wildman–Crippen LogP) is 5.19. The molecule has 5 rings (SSSR count). The van der Waals surface area contributed by atoms with Crippen LogP contribution in [0.3, 0.4) is 0 Å². The summed E-state index contributed by atoms with van der Waals surface area (Å²) in [6, 6.07) is 8.83. The molecule has 2 saturated carbocycles. The van der Waals surface area contributed by atoms with E-state index in [9.17, 15) is 4.79 Å². The maximum Gasteiger partial charge on any atom is 0.240 e. The maximum atomic E-state index is 14.1. The van der Waals surface area contributed by atoms with Crippen molar-refractivity contribution in [2.75, 3.05) is 27.2 Å². The molecule has 8 heteroatoms. The van der Waals surface area contributed by atoms with Crippen molar-refractivity contribution in [3.63, 3.8) is 0 Å². The first kappa shape index (κ1) is 28.6. The highest BCUT2D eigenvalue weighted by atomic mass is 35.5. The molecule has 0 spiro atoms. The number of nitrogens with zero attached hydrogens (tertiary/aromatic N) is 5. The molecule has 3 aliphatic rings. The Balaban J connectivity index is 1.27. The van der Waals surface area contributed by atoms with Crippen molar-refractivity contribution in [1.29, 1.82) is 0 Å². The fraction of sp³-hybridized carbons (Fsp3) is 0.710. The Bertz CT molecular complexity index is 1020. The van der Waals surface area contributed by atoms with E-state index in [0.717, 1.165) is 55.9 Å². The lowest BCUT2D eigenvalue weighted by molar-refractivity contribution is -0.137. The van der Waals surface area contributed by atoms with Crippen molar-refractivity contribution in [3.05, 3.63) is 47.5 Å². The van der Waals surface area contributed by atoms with Crippen LogP contribution in [0.15, 0.2) is 36.9 Å². The molecule has 2 heterocycles. The highest BCUT2D eigenvalue weighted by molar-refractivity contribution is 6.30. The number of hydrogen-bond donors (Lipinski definition) is 1. The van der Waals surface area contributed by atoms with Crippen LogP contribution in [0, 0.1) is 11.3 Å². The average Bonchev–Trinajstić information content (AvgIpc) is 3.47. The van der Waals surface area contributed by atoms with Gasteiger partial charge < -0.3 is 15.1 Å².